The Labute approximate surface area is 135 Å². The van der Waals surface area contributed by atoms with Gasteiger partial charge in [0.15, 0.2) is 0 Å². The summed E-state index contributed by atoms with van der Waals surface area (Å²) in [5, 5.41) is 2.62. The van der Waals surface area contributed by atoms with Crippen molar-refractivity contribution in [2.24, 2.45) is 10.9 Å². The molecule has 0 aliphatic carbocycles. The Kier molecular flexibility index (Phi) is 7.71. The van der Waals surface area contributed by atoms with Gasteiger partial charge in [-0.15, -0.1) is 0 Å². The Bertz CT molecular complexity index is 565. The highest BCUT2D eigenvalue weighted by atomic mass is 16.5. The minimum atomic E-state index is -0.851. The van der Waals surface area contributed by atoms with E-state index in [9.17, 15) is 14.4 Å². The number of methoxy groups -OCH3 is 1. The Morgan fingerprint density at radius 2 is 1.91 bits per heavy atom. The zero-order valence-corrected chi connectivity index (χ0v) is 13.6. The predicted molar refractivity (Wildman–Crippen MR) is 85.5 cm³/mol. The van der Waals surface area contributed by atoms with Crippen molar-refractivity contribution in [1.82, 2.24) is 5.32 Å². The van der Waals surface area contributed by atoms with E-state index in [4.69, 9.17) is 4.74 Å². The van der Waals surface area contributed by atoms with Crippen LogP contribution in [-0.2, 0) is 25.5 Å². The second-order valence-electron chi connectivity index (χ2n) is 5.64. The van der Waals surface area contributed by atoms with Crippen LogP contribution in [0.5, 0.6) is 0 Å². The minimum absolute atomic E-state index is 0.175. The fourth-order valence-corrected chi connectivity index (χ4v) is 2.18. The van der Waals surface area contributed by atoms with Crippen LogP contribution in [0.4, 0.5) is 0 Å². The molecule has 1 rings (SSSR count). The van der Waals surface area contributed by atoms with Crippen LogP contribution in [0.3, 0.4) is 0 Å². The van der Waals surface area contributed by atoms with Crippen molar-refractivity contribution in [3.8, 4) is 0 Å². The summed E-state index contributed by atoms with van der Waals surface area (Å²) in [6.45, 7) is 3.84. The zero-order chi connectivity index (χ0) is 17.2. The molecule has 0 aliphatic heterocycles. The lowest BCUT2D eigenvalue weighted by Gasteiger charge is -2.19. The van der Waals surface area contributed by atoms with Crippen LogP contribution >= 0.6 is 0 Å². The van der Waals surface area contributed by atoms with Crippen molar-refractivity contribution < 1.29 is 19.1 Å². The number of esters is 1. The normalized spacial score (nSPS) is 12.9. The van der Waals surface area contributed by atoms with E-state index in [0.29, 0.717) is 12.8 Å². The molecule has 0 saturated carbocycles. The standard InChI is InChI=1S/C17H22N2O4/c1-12(2)9-14(18-11-20)16(21)19-15(17(22)23-3)10-13-7-5-4-6-8-13/h4-8,12,14-15H,9-10H2,1-3H3,(H,19,21)/t14-,15-/m0/s1. The van der Waals surface area contributed by atoms with E-state index in [1.807, 2.05) is 44.2 Å². The van der Waals surface area contributed by atoms with Gasteiger partial charge in [0.25, 0.3) is 0 Å². The second kappa shape index (κ2) is 9.54. The van der Waals surface area contributed by atoms with Crippen molar-refractivity contribution in [3.63, 3.8) is 0 Å². The van der Waals surface area contributed by atoms with Gasteiger partial charge in [-0.3, -0.25) is 4.79 Å². The van der Waals surface area contributed by atoms with Gasteiger partial charge in [0, 0.05) is 6.42 Å². The van der Waals surface area contributed by atoms with Gasteiger partial charge in [0.05, 0.1) is 7.11 Å². The highest BCUT2D eigenvalue weighted by Crippen LogP contribution is 2.10. The number of isocyanates is 1. The highest BCUT2D eigenvalue weighted by molar-refractivity contribution is 5.88. The van der Waals surface area contributed by atoms with Crippen LogP contribution < -0.4 is 5.32 Å². The molecule has 6 nitrogen and oxygen atoms in total. The maximum atomic E-state index is 12.3. The first-order valence-electron chi connectivity index (χ1n) is 7.47. The molecule has 0 fully saturated rings. The van der Waals surface area contributed by atoms with Gasteiger partial charge in [-0.2, -0.15) is 4.99 Å². The monoisotopic (exact) mass is 318 g/mol. The maximum absolute atomic E-state index is 12.3. The van der Waals surface area contributed by atoms with Crippen molar-refractivity contribution in [2.75, 3.05) is 7.11 Å². The van der Waals surface area contributed by atoms with E-state index in [0.717, 1.165) is 5.56 Å². The Balaban J connectivity index is 2.84. The van der Waals surface area contributed by atoms with Crippen LogP contribution in [0.2, 0.25) is 0 Å². The lowest BCUT2D eigenvalue weighted by molar-refractivity contribution is -0.145. The fourth-order valence-electron chi connectivity index (χ4n) is 2.18. The van der Waals surface area contributed by atoms with Crippen LogP contribution in [-0.4, -0.2) is 37.1 Å². The van der Waals surface area contributed by atoms with Crippen LogP contribution in [0.25, 0.3) is 0 Å². The van der Waals surface area contributed by atoms with Crippen LogP contribution in [0.15, 0.2) is 35.3 Å². The largest absolute Gasteiger partial charge is 0.467 e. The van der Waals surface area contributed by atoms with E-state index in [1.54, 1.807) is 0 Å². The van der Waals surface area contributed by atoms with Crippen LogP contribution in [0, 0.1) is 5.92 Å². The average molecular weight is 318 g/mol. The van der Waals surface area contributed by atoms with Gasteiger partial charge in [-0.1, -0.05) is 44.2 Å². The summed E-state index contributed by atoms with van der Waals surface area (Å²) in [5.41, 5.74) is 0.891. The molecule has 124 valence electrons. The molecule has 1 aromatic carbocycles. The molecule has 0 aromatic heterocycles. The molecule has 0 aliphatic rings. The summed E-state index contributed by atoms with van der Waals surface area (Å²) in [5.74, 6) is -0.845. The SMILES string of the molecule is COC(=O)[C@H](Cc1ccccc1)NC(=O)[C@H](CC(C)C)N=C=O. The number of benzene rings is 1. The van der Waals surface area contributed by atoms with Gasteiger partial charge >= 0.3 is 5.97 Å². The summed E-state index contributed by atoms with van der Waals surface area (Å²) in [6, 6.07) is 7.61. The first kappa shape index (κ1) is 18.6. The predicted octanol–water partition coefficient (Wildman–Crippen LogP) is 1.64. The molecular weight excluding hydrogens is 296 g/mol. The number of rotatable bonds is 8. The van der Waals surface area contributed by atoms with Crippen molar-refractivity contribution in [3.05, 3.63) is 35.9 Å². The summed E-state index contributed by atoms with van der Waals surface area (Å²) < 4.78 is 4.74. The molecule has 0 bridgehead atoms. The Morgan fingerprint density at radius 3 is 2.43 bits per heavy atom. The van der Waals surface area contributed by atoms with Gasteiger partial charge < -0.3 is 10.1 Å². The Hall–Kier alpha value is -2.46. The molecule has 0 spiro atoms. The van der Waals surface area contributed by atoms with Crippen LogP contribution in [0.1, 0.15) is 25.8 Å². The summed E-state index contributed by atoms with van der Waals surface area (Å²) >= 11 is 0. The van der Waals surface area contributed by atoms with E-state index in [-0.39, 0.29) is 5.92 Å². The molecule has 0 radical (unpaired) electrons. The molecule has 0 unspecified atom stereocenters. The molecule has 0 heterocycles. The first-order valence-corrected chi connectivity index (χ1v) is 7.47. The average Bonchev–Trinajstić information content (AvgIpc) is 2.53. The lowest BCUT2D eigenvalue weighted by atomic mass is 10.0. The summed E-state index contributed by atoms with van der Waals surface area (Å²) in [4.78, 5) is 38.3. The number of amides is 1. The molecule has 1 aromatic rings. The van der Waals surface area contributed by atoms with Crippen molar-refractivity contribution in [1.29, 1.82) is 0 Å². The van der Waals surface area contributed by atoms with Gasteiger partial charge in [-0.25, -0.2) is 9.59 Å². The van der Waals surface area contributed by atoms with Crippen molar-refractivity contribution >= 4 is 18.0 Å². The highest BCUT2D eigenvalue weighted by Gasteiger charge is 2.26. The number of nitrogens with zero attached hydrogens (tertiary/aromatic N) is 1. The smallest absolute Gasteiger partial charge is 0.328 e. The molecule has 6 heteroatoms. The molecule has 1 N–H and O–H groups in total. The first-order chi connectivity index (χ1) is 11.0. The van der Waals surface area contributed by atoms with E-state index >= 15 is 0 Å². The van der Waals surface area contributed by atoms with Gasteiger partial charge in [-0.05, 0) is 17.9 Å². The number of nitrogens with one attached hydrogen (secondary N) is 1. The van der Waals surface area contributed by atoms with Gasteiger partial charge in [0.1, 0.15) is 12.1 Å². The van der Waals surface area contributed by atoms with Gasteiger partial charge in [0.2, 0.25) is 12.0 Å². The summed E-state index contributed by atoms with van der Waals surface area (Å²) in [7, 11) is 1.27. The third-order valence-corrected chi connectivity index (χ3v) is 3.29. The third kappa shape index (κ3) is 6.45. The topological polar surface area (TPSA) is 84.8 Å². The van der Waals surface area contributed by atoms with E-state index in [1.165, 1.54) is 13.2 Å². The lowest BCUT2D eigenvalue weighted by Crippen LogP contribution is -2.47. The minimum Gasteiger partial charge on any atom is -0.467 e. The van der Waals surface area contributed by atoms with Crippen molar-refractivity contribution in [2.45, 2.75) is 38.8 Å². The number of carbonyl (C=O) groups is 2. The number of aliphatic imine (C=N–C) groups is 1. The molecule has 0 saturated heterocycles. The van der Waals surface area contributed by atoms with E-state index < -0.39 is 24.0 Å². The molecule has 1 amide bonds. The summed E-state index contributed by atoms with van der Waals surface area (Å²) in [6.07, 6.45) is 2.13. The number of carbonyl (C=O) groups excluding carboxylic acids is 3. The number of hydrogen-bond donors (Lipinski definition) is 1. The molecule has 23 heavy (non-hydrogen) atoms. The Morgan fingerprint density at radius 1 is 1.26 bits per heavy atom. The fraction of sp³-hybridized carbons (Fsp3) is 0.471. The number of ether oxygens (including phenoxy) is 1. The zero-order valence-electron chi connectivity index (χ0n) is 13.6. The maximum Gasteiger partial charge on any atom is 0.328 e. The molecular formula is C17H22N2O4. The quantitative estimate of drug-likeness (QED) is 0.448. The van der Waals surface area contributed by atoms with E-state index in [2.05, 4.69) is 10.3 Å². The second-order valence-corrected chi connectivity index (χ2v) is 5.64. The third-order valence-electron chi connectivity index (χ3n) is 3.29. The number of hydrogen-bond acceptors (Lipinski definition) is 5. The molecule has 2 atom stereocenters.